The summed E-state index contributed by atoms with van der Waals surface area (Å²) in [6.07, 6.45) is 30.6. The van der Waals surface area contributed by atoms with Crippen molar-refractivity contribution in [2.24, 2.45) is 0 Å². The Morgan fingerprint density at radius 2 is 1.20 bits per heavy atom. The molecule has 2 unspecified atom stereocenters. The zero-order valence-corrected chi connectivity index (χ0v) is 30.7. The molecule has 45 heavy (non-hydrogen) atoms. The van der Waals surface area contributed by atoms with Gasteiger partial charge in [0.15, 0.2) is 0 Å². The van der Waals surface area contributed by atoms with E-state index in [9.17, 15) is 14.3 Å². The van der Waals surface area contributed by atoms with E-state index in [2.05, 4.69) is 38.2 Å². The van der Waals surface area contributed by atoms with Gasteiger partial charge in [-0.2, -0.15) is 0 Å². The van der Waals surface area contributed by atoms with Crippen LogP contribution in [0.1, 0.15) is 142 Å². The van der Waals surface area contributed by atoms with Gasteiger partial charge in [0.2, 0.25) is 0 Å². The molecule has 0 bridgehead atoms. The molecule has 266 valence electrons. The van der Waals surface area contributed by atoms with E-state index in [0.717, 1.165) is 44.9 Å². The minimum Gasteiger partial charge on any atom is -0.457 e. The molecule has 0 aromatic rings. The Morgan fingerprint density at radius 1 is 0.667 bits per heavy atom. The SMILES string of the molecule is CCC/C=C\CCCCCCCCOCC(COP(=O)(O)OCC[N+](C)(C)C)OC(=O)CCCCCCC/C=C\CCCCC. The van der Waals surface area contributed by atoms with Gasteiger partial charge >= 0.3 is 13.8 Å². The molecule has 0 spiro atoms. The molecule has 0 amide bonds. The number of likely N-dealkylation sites (N-methyl/N-ethyl adjacent to an activating group) is 1. The maximum atomic E-state index is 12.6. The van der Waals surface area contributed by atoms with Crippen LogP contribution >= 0.6 is 7.82 Å². The van der Waals surface area contributed by atoms with E-state index in [-0.39, 0.29) is 25.8 Å². The van der Waals surface area contributed by atoms with Crippen LogP contribution in [0, 0.1) is 0 Å². The van der Waals surface area contributed by atoms with Crippen molar-refractivity contribution in [2.45, 2.75) is 148 Å². The lowest BCUT2D eigenvalue weighted by atomic mass is 10.1. The number of unbranched alkanes of at least 4 members (excludes halogenated alkanes) is 15. The van der Waals surface area contributed by atoms with Crippen LogP contribution in [0.5, 0.6) is 0 Å². The Labute approximate surface area is 277 Å². The van der Waals surface area contributed by atoms with Gasteiger partial charge in [0.1, 0.15) is 19.3 Å². The smallest absolute Gasteiger partial charge is 0.457 e. The Balaban J connectivity index is 4.36. The zero-order valence-electron chi connectivity index (χ0n) is 29.9. The van der Waals surface area contributed by atoms with Gasteiger partial charge in [0.25, 0.3) is 0 Å². The molecule has 0 saturated heterocycles. The number of phosphoric ester groups is 1. The van der Waals surface area contributed by atoms with Gasteiger partial charge in [-0.25, -0.2) is 4.57 Å². The van der Waals surface area contributed by atoms with Gasteiger partial charge in [-0.15, -0.1) is 0 Å². The standard InChI is InChI=1S/C36H70NO7P/c1-6-8-10-12-14-16-18-19-21-23-25-27-29-36(38)44-35(34-43-45(39,40)42-32-30-37(3,4)5)33-41-31-28-26-24-22-20-17-15-13-11-9-7-2/h11,13-14,16,35H,6-10,12,15,17-34H2,1-5H3/p+1/b13-11-,16-14-. The first kappa shape index (κ1) is 44.0. The van der Waals surface area contributed by atoms with Crippen LogP contribution in [0.15, 0.2) is 24.3 Å². The van der Waals surface area contributed by atoms with Crippen molar-refractivity contribution < 1.29 is 37.3 Å². The molecular formula is C36H71NO7P+. The van der Waals surface area contributed by atoms with Crippen LogP contribution in [0.25, 0.3) is 0 Å². The third kappa shape index (κ3) is 34.1. The monoisotopic (exact) mass is 660 g/mol. The van der Waals surface area contributed by atoms with Gasteiger partial charge in [-0.1, -0.05) is 102 Å². The summed E-state index contributed by atoms with van der Waals surface area (Å²) >= 11 is 0. The minimum atomic E-state index is -4.26. The average Bonchev–Trinajstić information content (AvgIpc) is 2.98. The molecule has 0 aromatic carbocycles. The van der Waals surface area contributed by atoms with Crippen LogP contribution in [0.4, 0.5) is 0 Å². The normalized spacial score (nSPS) is 14.4. The second-order valence-electron chi connectivity index (χ2n) is 13.2. The van der Waals surface area contributed by atoms with E-state index in [0.29, 0.717) is 24.1 Å². The van der Waals surface area contributed by atoms with Crippen molar-refractivity contribution in [3.63, 3.8) is 0 Å². The zero-order chi connectivity index (χ0) is 33.5. The third-order valence-corrected chi connectivity index (χ3v) is 8.45. The van der Waals surface area contributed by atoms with Gasteiger partial charge in [0, 0.05) is 13.0 Å². The molecule has 2 atom stereocenters. The van der Waals surface area contributed by atoms with Crippen LogP contribution < -0.4 is 0 Å². The van der Waals surface area contributed by atoms with Crippen LogP contribution in [0.2, 0.25) is 0 Å². The number of quaternary nitrogens is 1. The summed E-state index contributed by atoms with van der Waals surface area (Å²) in [5, 5.41) is 0. The summed E-state index contributed by atoms with van der Waals surface area (Å²) in [6, 6.07) is 0. The first-order valence-corrected chi connectivity index (χ1v) is 19.6. The topological polar surface area (TPSA) is 91.3 Å². The number of phosphoric acid groups is 1. The van der Waals surface area contributed by atoms with E-state index < -0.39 is 13.9 Å². The number of carbonyl (C=O) groups excluding carboxylic acids is 1. The van der Waals surface area contributed by atoms with Gasteiger partial charge in [-0.3, -0.25) is 13.8 Å². The van der Waals surface area contributed by atoms with E-state index in [1.807, 2.05) is 21.1 Å². The summed E-state index contributed by atoms with van der Waals surface area (Å²) in [4.78, 5) is 22.7. The van der Waals surface area contributed by atoms with Crippen molar-refractivity contribution in [1.82, 2.24) is 0 Å². The fourth-order valence-corrected chi connectivity index (χ4v) is 5.35. The molecule has 8 nitrogen and oxygen atoms in total. The number of hydrogen-bond donors (Lipinski definition) is 1. The molecular weight excluding hydrogens is 589 g/mol. The Morgan fingerprint density at radius 3 is 1.78 bits per heavy atom. The lowest BCUT2D eigenvalue weighted by molar-refractivity contribution is -0.870. The molecule has 0 aliphatic heterocycles. The molecule has 0 radical (unpaired) electrons. The van der Waals surface area contributed by atoms with Crippen molar-refractivity contribution in [3.05, 3.63) is 24.3 Å². The highest BCUT2D eigenvalue weighted by Crippen LogP contribution is 2.43. The summed E-state index contributed by atoms with van der Waals surface area (Å²) in [7, 11) is 1.65. The van der Waals surface area contributed by atoms with E-state index in [1.165, 1.54) is 77.0 Å². The number of rotatable bonds is 33. The molecule has 0 aliphatic carbocycles. The van der Waals surface area contributed by atoms with Crippen LogP contribution in [-0.4, -0.2) is 75.6 Å². The predicted octanol–water partition coefficient (Wildman–Crippen LogP) is 9.71. The van der Waals surface area contributed by atoms with Gasteiger partial charge in [0.05, 0.1) is 34.4 Å². The number of hydrogen-bond acceptors (Lipinski definition) is 6. The first-order chi connectivity index (χ1) is 21.6. The maximum absolute atomic E-state index is 12.6. The Hall–Kier alpha value is -1.02. The number of nitrogens with zero attached hydrogens (tertiary/aromatic N) is 1. The molecule has 1 N–H and O–H groups in total. The quantitative estimate of drug-likeness (QED) is 0.0246. The molecule has 0 fully saturated rings. The fourth-order valence-electron chi connectivity index (χ4n) is 4.61. The van der Waals surface area contributed by atoms with E-state index in [1.54, 1.807) is 0 Å². The molecule has 0 heterocycles. The molecule has 0 rings (SSSR count). The third-order valence-electron chi connectivity index (χ3n) is 7.47. The highest BCUT2D eigenvalue weighted by Gasteiger charge is 2.26. The first-order valence-electron chi connectivity index (χ1n) is 18.1. The summed E-state index contributed by atoms with van der Waals surface area (Å²) in [6.45, 7) is 5.50. The summed E-state index contributed by atoms with van der Waals surface area (Å²) < 4.78 is 34.7. The summed E-state index contributed by atoms with van der Waals surface area (Å²) in [5.74, 6) is -0.328. The van der Waals surface area contributed by atoms with E-state index in [4.69, 9.17) is 18.5 Å². The number of allylic oxidation sites excluding steroid dienone is 4. The highest BCUT2D eigenvalue weighted by atomic mass is 31.2. The fraction of sp³-hybridized carbons (Fsp3) is 0.861. The summed E-state index contributed by atoms with van der Waals surface area (Å²) in [5.41, 5.74) is 0. The molecule has 9 heteroatoms. The lowest BCUT2D eigenvalue weighted by Gasteiger charge is -2.24. The van der Waals surface area contributed by atoms with Crippen LogP contribution in [0.3, 0.4) is 0 Å². The van der Waals surface area contributed by atoms with Gasteiger partial charge < -0.3 is 18.9 Å². The van der Waals surface area contributed by atoms with Crippen molar-refractivity contribution in [1.29, 1.82) is 0 Å². The predicted molar refractivity (Wildman–Crippen MR) is 187 cm³/mol. The molecule has 0 aromatic heterocycles. The number of ether oxygens (including phenoxy) is 2. The van der Waals surface area contributed by atoms with Crippen molar-refractivity contribution in [2.75, 3.05) is 54.1 Å². The molecule has 0 saturated carbocycles. The second-order valence-corrected chi connectivity index (χ2v) is 14.7. The minimum absolute atomic E-state index is 0.0863. The van der Waals surface area contributed by atoms with Crippen LogP contribution in [-0.2, 0) is 27.9 Å². The number of esters is 1. The van der Waals surface area contributed by atoms with E-state index >= 15 is 0 Å². The lowest BCUT2D eigenvalue weighted by Crippen LogP contribution is -2.37. The highest BCUT2D eigenvalue weighted by molar-refractivity contribution is 7.47. The number of carbonyl (C=O) groups is 1. The largest absolute Gasteiger partial charge is 0.472 e. The Bertz CT molecular complexity index is 782. The maximum Gasteiger partial charge on any atom is 0.472 e. The average molecular weight is 661 g/mol. The van der Waals surface area contributed by atoms with Crippen molar-refractivity contribution in [3.8, 4) is 0 Å². The Kier molecular flexibility index (Phi) is 29.6. The molecule has 0 aliphatic rings. The second kappa shape index (κ2) is 30.3. The van der Waals surface area contributed by atoms with Crippen molar-refractivity contribution >= 4 is 13.8 Å². The van der Waals surface area contributed by atoms with Gasteiger partial charge in [-0.05, 0) is 57.8 Å².